The Morgan fingerprint density at radius 1 is 0.917 bits per heavy atom. The Hall–Kier alpha value is -1.98. The normalized spacial score (nSPS) is 24.7. The number of unbranched alkanes of at least 4 members (excludes halogenated alkanes) is 2. The third-order valence-corrected chi connectivity index (χ3v) is 8.38. The molecule has 36 heavy (non-hydrogen) atoms. The molecule has 2 aliphatic rings. The van der Waals surface area contributed by atoms with E-state index in [0.717, 1.165) is 89.0 Å². The van der Waals surface area contributed by atoms with E-state index < -0.39 is 17.0 Å². The maximum absolute atomic E-state index is 13.1. The van der Waals surface area contributed by atoms with Crippen molar-refractivity contribution >= 4 is 24.0 Å². The van der Waals surface area contributed by atoms with Crippen LogP contribution < -0.4 is 0 Å². The summed E-state index contributed by atoms with van der Waals surface area (Å²) in [7, 11) is 0. The zero-order valence-electron chi connectivity index (χ0n) is 23.0. The fourth-order valence-electron chi connectivity index (χ4n) is 5.76. The fraction of sp³-hybridized carbons (Fsp3) is 0.800. The number of Topliss-reactive ketones (excluding diaryl/α,β-unsaturated/α-hetero) is 2. The fourth-order valence-corrected chi connectivity index (χ4v) is 5.76. The molecule has 2 saturated carbocycles. The number of allylic oxidation sites excluding steroid dienone is 2. The van der Waals surface area contributed by atoms with Crippen molar-refractivity contribution in [3.05, 3.63) is 11.6 Å². The van der Waals surface area contributed by atoms with E-state index in [1.807, 2.05) is 13.8 Å². The molecule has 0 aliphatic heterocycles. The highest BCUT2D eigenvalue weighted by Gasteiger charge is 2.32. The number of ether oxygens (including phenoxy) is 1. The number of rotatable bonds is 15. The van der Waals surface area contributed by atoms with E-state index >= 15 is 0 Å². The van der Waals surface area contributed by atoms with Crippen LogP contribution in [0, 0.1) is 23.2 Å². The summed E-state index contributed by atoms with van der Waals surface area (Å²) in [5.74, 6) is 0.0231. The molecule has 0 aromatic heterocycles. The molecule has 3 unspecified atom stereocenters. The second kappa shape index (κ2) is 14.1. The van der Waals surface area contributed by atoms with Gasteiger partial charge in [0, 0.05) is 17.8 Å². The lowest BCUT2D eigenvalue weighted by atomic mass is 9.75. The predicted octanol–water partition coefficient (Wildman–Crippen LogP) is 6.84. The van der Waals surface area contributed by atoms with E-state index in [0.29, 0.717) is 25.1 Å². The maximum Gasteiger partial charge on any atom is 0.309 e. The highest BCUT2D eigenvalue weighted by molar-refractivity contribution is 5.98. The Morgan fingerprint density at radius 3 is 2.19 bits per heavy atom. The van der Waals surface area contributed by atoms with Gasteiger partial charge in [0.05, 0.1) is 5.41 Å². The Kier molecular flexibility index (Phi) is 11.8. The van der Waals surface area contributed by atoms with E-state index in [-0.39, 0.29) is 23.5 Å². The summed E-state index contributed by atoms with van der Waals surface area (Å²) in [5, 5.41) is 9.27. The third-order valence-electron chi connectivity index (χ3n) is 8.38. The summed E-state index contributed by atoms with van der Waals surface area (Å²) in [5.41, 5.74) is -0.260. The maximum atomic E-state index is 13.1. The number of carbonyl (C=O) groups is 4. The molecule has 0 saturated heterocycles. The second-order valence-electron chi connectivity index (χ2n) is 12.3. The summed E-state index contributed by atoms with van der Waals surface area (Å²) < 4.78 is 5.11. The molecule has 0 spiro atoms. The Morgan fingerprint density at radius 2 is 1.53 bits per heavy atom. The molecule has 2 rings (SSSR count). The van der Waals surface area contributed by atoms with Crippen LogP contribution in [0.1, 0.15) is 124 Å². The lowest BCUT2D eigenvalue weighted by Gasteiger charge is -2.28. The quantitative estimate of drug-likeness (QED) is 0.149. The van der Waals surface area contributed by atoms with Crippen LogP contribution in [-0.4, -0.2) is 34.7 Å². The van der Waals surface area contributed by atoms with Crippen molar-refractivity contribution in [3.63, 3.8) is 0 Å². The van der Waals surface area contributed by atoms with Crippen molar-refractivity contribution in [2.45, 2.75) is 130 Å². The number of aliphatic carboxylic acids is 1. The SMILES string of the molecule is CC(C)(CCCCC1CCCC(C/C=C2\CCCC(CCCCC(C)(C)C(=O)O)C2=O)C1=O)OC=O. The third kappa shape index (κ3) is 9.48. The van der Waals surface area contributed by atoms with E-state index in [1.165, 1.54) is 0 Å². The van der Waals surface area contributed by atoms with E-state index in [9.17, 15) is 24.3 Å². The number of carboxylic acids is 1. The standard InChI is InChI=1S/C30H48O6/c1-29(2,28(34)35)19-7-5-11-22-13-9-15-24(26(22)32)17-18-25-16-10-14-23(27(25)33)12-6-8-20-30(3,4)36-21-31/h17,21-23,25H,5-16,18-20H2,1-4H3,(H,34,35)/b24-17+. The molecule has 0 aromatic carbocycles. The van der Waals surface area contributed by atoms with Crippen molar-refractivity contribution in [1.82, 2.24) is 0 Å². The number of hydrogen-bond acceptors (Lipinski definition) is 5. The zero-order valence-corrected chi connectivity index (χ0v) is 23.0. The number of carboxylic acid groups (broad SMARTS) is 1. The van der Waals surface area contributed by atoms with E-state index in [1.54, 1.807) is 13.8 Å². The van der Waals surface area contributed by atoms with Crippen LogP contribution in [0.5, 0.6) is 0 Å². The van der Waals surface area contributed by atoms with E-state index in [4.69, 9.17) is 4.74 Å². The highest BCUT2D eigenvalue weighted by atomic mass is 16.5. The van der Waals surface area contributed by atoms with Gasteiger partial charge in [0.2, 0.25) is 0 Å². The van der Waals surface area contributed by atoms with Crippen molar-refractivity contribution in [1.29, 1.82) is 0 Å². The summed E-state index contributed by atoms with van der Waals surface area (Å²) in [6.07, 6.45) is 15.1. The average Bonchev–Trinajstić information content (AvgIpc) is 2.81. The van der Waals surface area contributed by atoms with Gasteiger partial charge in [-0.1, -0.05) is 31.8 Å². The summed E-state index contributed by atoms with van der Waals surface area (Å²) in [4.78, 5) is 48.1. The molecule has 6 nitrogen and oxygen atoms in total. The summed E-state index contributed by atoms with van der Waals surface area (Å²) >= 11 is 0. The monoisotopic (exact) mass is 504 g/mol. The molecule has 0 aromatic rings. The molecule has 2 fully saturated rings. The van der Waals surface area contributed by atoms with E-state index in [2.05, 4.69) is 6.08 Å². The highest BCUT2D eigenvalue weighted by Crippen LogP contribution is 2.35. The number of ketones is 2. The Balaban J connectivity index is 1.79. The number of hydrogen-bond donors (Lipinski definition) is 1. The first-order valence-corrected chi connectivity index (χ1v) is 14.1. The van der Waals surface area contributed by atoms with Crippen molar-refractivity contribution < 1.29 is 29.0 Å². The lowest BCUT2D eigenvalue weighted by molar-refractivity contribution is -0.147. The van der Waals surface area contributed by atoms with Gasteiger partial charge < -0.3 is 9.84 Å². The Bertz CT molecular complexity index is 793. The predicted molar refractivity (Wildman–Crippen MR) is 140 cm³/mol. The number of carbonyl (C=O) groups excluding carboxylic acids is 3. The minimum Gasteiger partial charge on any atom is -0.481 e. The minimum atomic E-state index is -0.769. The van der Waals surface area contributed by atoms with Gasteiger partial charge in [0.1, 0.15) is 11.4 Å². The van der Waals surface area contributed by atoms with Gasteiger partial charge in [-0.25, -0.2) is 0 Å². The van der Waals surface area contributed by atoms with Crippen LogP contribution in [0.15, 0.2) is 11.6 Å². The second-order valence-corrected chi connectivity index (χ2v) is 12.3. The molecule has 1 N–H and O–H groups in total. The smallest absolute Gasteiger partial charge is 0.309 e. The largest absolute Gasteiger partial charge is 0.481 e. The minimum absolute atomic E-state index is 0.0255. The van der Waals surface area contributed by atoms with Crippen molar-refractivity contribution in [2.24, 2.45) is 23.2 Å². The van der Waals surface area contributed by atoms with Crippen molar-refractivity contribution in [3.8, 4) is 0 Å². The average molecular weight is 505 g/mol. The van der Waals surface area contributed by atoms with Crippen LogP contribution >= 0.6 is 0 Å². The first-order valence-electron chi connectivity index (χ1n) is 14.1. The molecule has 6 heteroatoms. The van der Waals surface area contributed by atoms with Gasteiger partial charge in [-0.3, -0.25) is 19.2 Å². The first kappa shape index (κ1) is 30.2. The van der Waals surface area contributed by atoms with Crippen LogP contribution in [0.3, 0.4) is 0 Å². The van der Waals surface area contributed by atoms with Gasteiger partial charge in [-0.05, 0) is 104 Å². The summed E-state index contributed by atoms with van der Waals surface area (Å²) in [6.45, 7) is 7.84. The summed E-state index contributed by atoms with van der Waals surface area (Å²) in [6, 6.07) is 0. The van der Waals surface area contributed by atoms with Crippen LogP contribution in [0.2, 0.25) is 0 Å². The first-order chi connectivity index (χ1) is 17.0. The molecular weight excluding hydrogens is 456 g/mol. The van der Waals surface area contributed by atoms with Gasteiger partial charge in [-0.15, -0.1) is 0 Å². The molecule has 0 radical (unpaired) electrons. The Labute approximate surface area is 217 Å². The van der Waals surface area contributed by atoms with Crippen LogP contribution in [0.25, 0.3) is 0 Å². The van der Waals surface area contributed by atoms with Gasteiger partial charge >= 0.3 is 5.97 Å². The molecule has 204 valence electrons. The molecule has 2 aliphatic carbocycles. The van der Waals surface area contributed by atoms with Crippen molar-refractivity contribution in [2.75, 3.05) is 0 Å². The molecule has 0 amide bonds. The van der Waals surface area contributed by atoms with Gasteiger partial charge in [0.15, 0.2) is 5.78 Å². The molecule has 0 bridgehead atoms. The van der Waals surface area contributed by atoms with Gasteiger partial charge in [-0.2, -0.15) is 0 Å². The van der Waals surface area contributed by atoms with Crippen LogP contribution in [-0.2, 0) is 23.9 Å². The lowest BCUT2D eigenvalue weighted by Crippen LogP contribution is -2.29. The van der Waals surface area contributed by atoms with Gasteiger partial charge in [0.25, 0.3) is 6.47 Å². The molecular formula is C30H48O6. The van der Waals surface area contributed by atoms with Crippen LogP contribution in [0.4, 0.5) is 0 Å². The topological polar surface area (TPSA) is 97.7 Å². The molecule has 0 heterocycles. The zero-order chi connectivity index (χ0) is 26.8. The molecule has 3 atom stereocenters.